The molecule has 2 rings (SSSR count). The Morgan fingerprint density at radius 3 is 2.70 bits per heavy atom. The highest BCUT2D eigenvalue weighted by molar-refractivity contribution is 6.30. The van der Waals surface area contributed by atoms with Crippen molar-refractivity contribution in [1.29, 1.82) is 0 Å². The molecule has 1 aliphatic rings. The summed E-state index contributed by atoms with van der Waals surface area (Å²) in [5.41, 5.74) is 0.965. The van der Waals surface area contributed by atoms with Gasteiger partial charge in [-0.25, -0.2) is 0 Å². The molecule has 126 valence electrons. The molecule has 1 aromatic carbocycles. The fourth-order valence-corrected chi connectivity index (χ4v) is 3.38. The van der Waals surface area contributed by atoms with Crippen molar-refractivity contribution in [3.63, 3.8) is 0 Å². The highest BCUT2D eigenvalue weighted by atomic mass is 35.5. The zero-order chi connectivity index (χ0) is 17.0. The molecule has 1 aliphatic heterocycles. The van der Waals surface area contributed by atoms with Gasteiger partial charge in [0, 0.05) is 24.0 Å². The summed E-state index contributed by atoms with van der Waals surface area (Å²) in [5.74, 6) is -0.224. The monoisotopic (exact) mass is 336 g/mol. The van der Waals surface area contributed by atoms with Crippen molar-refractivity contribution in [1.82, 2.24) is 10.2 Å². The molecule has 23 heavy (non-hydrogen) atoms. The Bertz CT molecular complexity index is 572. The Hall–Kier alpha value is -1.55. The van der Waals surface area contributed by atoms with Crippen molar-refractivity contribution in [3.8, 4) is 0 Å². The van der Waals surface area contributed by atoms with Crippen molar-refractivity contribution >= 4 is 23.4 Å². The van der Waals surface area contributed by atoms with E-state index in [0.717, 1.165) is 18.4 Å². The molecule has 1 N–H and O–H groups in total. The van der Waals surface area contributed by atoms with Gasteiger partial charge in [0.25, 0.3) is 0 Å². The van der Waals surface area contributed by atoms with E-state index in [0.29, 0.717) is 18.0 Å². The first kappa shape index (κ1) is 17.8. The summed E-state index contributed by atoms with van der Waals surface area (Å²) >= 11 is 5.99. The van der Waals surface area contributed by atoms with Crippen molar-refractivity contribution in [2.75, 3.05) is 6.54 Å². The molecule has 0 saturated carbocycles. The second-order valence-corrected chi connectivity index (χ2v) is 6.64. The minimum Gasteiger partial charge on any atom is -0.349 e. The minimum atomic E-state index is -0.260. The lowest BCUT2D eigenvalue weighted by molar-refractivity contribution is -0.130. The van der Waals surface area contributed by atoms with Gasteiger partial charge in [0.15, 0.2) is 0 Å². The first-order chi connectivity index (χ1) is 11.0. The first-order valence-corrected chi connectivity index (χ1v) is 8.69. The van der Waals surface area contributed by atoms with Crippen molar-refractivity contribution < 1.29 is 9.59 Å². The molecule has 1 saturated heterocycles. The molecule has 2 amide bonds. The van der Waals surface area contributed by atoms with Crippen LogP contribution in [0.25, 0.3) is 0 Å². The molecule has 2 unspecified atom stereocenters. The van der Waals surface area contributed by atoms with Gasteiger partial charge in [0.2, 0.25) is 11.8 Å². The van der Waals surface area contributed by atoms with Crippen LogP contribution in [0.5, 0.6) is 0 Å². The van der Waals surface area contributed by atoms with Gasteiger partial charge in [0.1, 0.15) is 0 Å². The van der Waals surface area contributed by atoms with E-state index in [1.165, 1.54) is 0 Å². The van der Waals surface area contributed by atoms with Gasteiger partial charge < -0.3 is 10.2 Å². The normalized spacial score (nSPS) is 19.3. The third-order valence-electron chi connectivity index (χ3n) is 4.62. The fraction of sp³-hybridized carbons (Fsp3) is 0.556. The maximum absolute atomic E-state index is 12.5. The van der Waals surface area contributed by atoms with Crippen LogP contribution in [0.1, 0.15) is 51.6 Å². The highest BCUT2D eigenvalue weighted by Crippen LogP contribution is 2.24. The maximum atomic E-state index is 12.5. The van der Waals surface area contributed by atoms with Crippen LogP contribution in [0.2, 0.25) is 5.02 Å². The Morgan fingerprint density at radius 1 is 1.39 bits per heavy atom. The van der Waals surface area contributed by atoms with Gasteiger partial charge in [-0.15, -0.1) is 0 Å². The molecule has 0 aromatic heterocycles. The molecular formula is C18H25ClN2O2. The van der Waals surface area contributed by atoms with E-state index in [1.807, 2.05) is 36.1 Å². The Kier molecular flexibility index (Phi) is 6.05. The predicted octanol–water partition coefficient (Wildman–Crippen LogP) is 3.55. The number of carbonyl (C=O) groups excluding carboxylic acids is 2. The minimum absolute atomic E-state index is 0.0562. The average molecular weight is 337 g/mol. The molecule has 5 heteroatoms. The number of benzene rings is 1. The van der Waals surface area contributed by atoms with Gasteiger partial charge in [-0.1, -0.05) is 37.6 Å². The molecule has 1 aromatic rings. The number of nitrogens with zero attached hydrogens (tertiary/aromatic N) is 1. The summed E-state index contributed by atoms with van der Waals surface area (Å²) < 4.78 is 0. The van der Waals surface area contributed by atoms with Gasteiger partial charge >= 0.3 is 0 Å². The zero-order valence-electron chi connectivity index (χ0n) is 14.0. The summed E-state index contributed by atoms with van der Waals surface area (Å²) in [4.78, 5) is 26.5. The Morgan fingerprint density at radius 2 is 2.09 bits per heavy atom. The molecule has 0 aliphatic carbocycles. The molecule has 2 atom stereocenters. The Balaban J connectivity index is 1.97. The van der Waals surface area contributed by atoms with E-state index in [9.17, 15) is 9.59 Å². The fourth-order valence-electron chi connectivity index (χ4n) is 3.18. The third kappa shape index (κ3) is 4.25. The van der Waals surface area contributed by atoms with Crippen LogP contribution in [0.4, 0.5) is 0 Å². The van der Waals surface area contributed by atoms with Crippen LogP contribution < -0.4 is 5.32 Å². The molecular weight excluding hydrogens is 312 g/mol. The van der Waals surface area contributed by atoms with Crippen molar-refractivity contribution in [2.24, 2.45) is 5.92 Å². The number of likely N-dealkylation sites (tertiary alicyclic amines) is 1. The van der Waals surface area contributed by atoms with E-state index in [4.69, 9.17) is 11.6 Å². The quantitative estimate of drug-likeness (QED) is 0.863. The van der Waals surface area contributed by atoms with Crippen molar-refractivity contribution in [3.05, 3.63) is 34.9 Å². The number of hydrogen-bond donors (Lipinski definition) is 1. The second kappa shape index (κ2) is 7.82. The standard InChI is InChI=1S/C18H25ClN2O2/c1-4-16(5-2)21-11-14(10-17(21)22)18(23)20-12(3)13-7-6-8-15(19)9-13/h6-9,12,14,16H,4-5,10-11H2,1-3H3,(H,20,23). The number of halogens is 1. The van der Waals surface area contributed by atoms with E-state index < -0.39 is 0 Å². The Labute approximate surface area is 143 Å². The maximum Gasteiger partial charge on any atom is 0.225 e. The zero-order valence-corrected chi connectivity index (χ0v) is 14.8. The topological polar surface area (TPSA) is 49.4 Å². The molecule has 0 bridgehead atoms. The molecule has 4 nitrogen and oxygen atoms in total. The summed E-state index contributed by atoms with van der Waals surface area (Å²) in [7, 11) is 0. The van der Waals surface area contributed by atoms with E-state index in [1.54, 1.807) is 0 Å². The van der Waals surface area contributed by atoms with Gasteiger partial charge in [-0.05, 0) is 37.5 Å². The first-order valence-electron chi connectivity index (χ1n) is 8.31. The van der Waals surface area contributed by atoms with Crippen LogP contribution in [-0.4, -0.2) is 29.3 Å². The third-order valence-corrected chi connectivity index (χ3v) is 4.86. The summed E-state index contributed by atoms with van der Waals surface area (Å²) in [6.07, 6.45) is 2.16. The van der Waals surface area contributed by atoms with Crippen LogP contribution in [-0.2, 0) is 9.59 Å². The SMILES string of the molecule is CCC(CC)N1CC(C(=O)NC(C)c2cccc(Cl)c2)CC1=O. The number of nitrogens with one attached hydrogen (secondary N) is 1. The lowest BCUT2D eigenvalue weighted by atomic mass is 10.0. The summed E-state index contributed by atoms with van der Waals surface area (Å²) in [6, 6.07) is 7.58. The lowest BCUT2D eigenvalue weighted by Gasteiger charge is -2.26. The highest BCUT2D eigenvalue weighted by Gasteiger charge is 2.37. The van der Waals surface area contributed by atoms with Crippen LogP contribution >= 0.6 is 11.6 Å². The average Bonchev–Trinajstić information content (AvgIpc) is 2.91. The van der Waals surface area contributed by atoms with Crippen LogP contribution in [0.3, 0.4) is 0 Å². The molecule has 0 spiro atoms. The summed E-state index contributed by atoms with van der Waals surface area (Å²) in [6.45, 7) is 6.62. The van der Waals surface area contributed by atoms with Crippen LogP contribution in [0, 0.1) is 5.92 Å². The van der Waals surface area contributed by atoms with Crippen molar-refractivity contribution in [2.45, 2.75) is 52.1 Å². The number of rotatable bonds is 6. The smallest absolute Gasteiger partial charge is 0.225 e. The second-order valence-electron chi connectivity index (χ2n) is 6.20. The largest absolute Gasteiger partial charge is 0.349 e. The number of hydrogen-bond acceptors (Lipinski definition) is 2. The number of amides is 2. The van der Waals surface area contributed by atoms with Crippen LogP contribution in [0.15, 0.2) is 24.3 Å². The molecule has 0 radical (unpaired) electrons. The van der Waals surface area contributed by atoms with Gasteiger partial charge in [-0.2, -0.15) is 0 Å². The summed E-state index contributed by atoms with van der Waals surface area (Å²) in [5, 5.41) is 3.66. The molecule has 1 heterocycles. The van der Waals surface area contributed by atoms with Gasteiger partial charge in [-0.3, -0.25) is 9.59 Å². The number of carbonyl (C=O) groups is 2. The molecule has 1 fully saturated rings. The van der Waals surface area contributed by atoms with E-state index >= 15 is 0 Å². The van der Waals surface area contributed by atoms with E-state index in [2.05, 4.69) is 19.2 Å². The lowest BCUT2D eigenvalue weighted by Crippen LogP contribution is -2.38. The van der Waals surface area contributed by atoms with Gasteiger partial charge in [0.05, 0.1) is 12.0 Å². The predicted molar refractivity (Wildman–Crippen MR) is 92.2 cm³/mol. The van der Waals surface area contributed by atoms with E-state index in [-0.39, 0.29) is 29.8 Å².